The van der Waals surface area contributed by atoms with Gasteiger partial charge in [-0.3, -0.25) is 14.6 Å². The Morgan fingerprint density at radius 3 is 2.68 bits per heavy atom. The highest BCUT2D eigenvalue weighted by Gasteiger charge is 2.19. The van der Waals surface area contributed by atoms with Crippen LogP contribution in [0.1, 0.15) is 30.6 Å². The predicted octanol–water partition coefficient (Wildman–Crippen LogP) is 2.42. The Morgan fingerprint density at radius 2 is 2.16 bits per heavy atom. The van der Waals surface area contributed by atoms with Crippen molar-refractivity contribution in [3.8, 4) is 0 Å². The highest BCUT2D eigenvalue weighted by Crippen LogP contribution is 2.17. The minimum atomic E-state index is -0.907. The van der Waals surface area contributed by atoms with E-state index >= 15 is 0 Å². The summed E-state index contributed by atoms with van der Waals surface area (Å²) in [7, 11) is 0. The maximum absolute atomic E-state index is 12.4. The summed E-state index contributed by atoms with van der Waals surface area (Å²) in [6.07, 6.45) is 3.04. The van der Waals surface area contributed by atoms with Crippen molar-refractivity contribution >= 4 is 27.8 Å². The van der Waals surface area contributed by atoms with Crippen molar-refractivity contribution in [1.82, 2.24) is 9.88 Å². The molecule has 0 fully saturated rings. The second-order valence-corrected chi connectivity index (χ2v) is 5.50. The van der Waals surface area contributed by atoms with Gasteiger partial charge in [0.25, 0.3) is 5.91 Å². The second-order valence-electron chi connectivity index (χ2n) is 4.64. The molecule has 0 aliphatic rings. The van der Waals surface area contributed by atoms with Crippen molar-refractivity contribution in [2.75, 3.05) is 13.1 Å². The van der Waals surface area contributed by atoms with Crippen LogP contribution < -0.4 is 0 Å². The summed E-state index contributed by atoms with van der Waals surface area (Å²) in [5.41, 5.74) is 0.501. The zero-order valence-electron chi connectivity index (χ0n) is 11.0. The summed E-state index contributed by atoms with van der Waals surface area (Å²) in [4.78, 5) is 28.5. The highest BCUT2D eigenvalue weighted by atomic mass is 79.9. The Bertz CT molecular complexity index is 463. The van der Waals surface area contributed by atoms with Gasteiger partial charge in [-0.15, -0.1) is 0 Å². The number of aliphatic carboxylic acids is 1. The van der Waals surface area contributed by atoms with Crippen molar-refractivity contribution in [2.24, 2.45) is 5.92 Å². The molecule has 6 heteroatoms. The molecule has 0 saturated heterocycles. The van der Waals surface area contributed by atoms with Gasteiger partial charge in [0.15, 0.2) is 0 Å². The molecule has 0 saturated carbocycles. The van der Waals surface area contributed by atoms with E-state index in [9.17, 15) is 9.59 Å². The molecule has 0 radical (unpaired) electrons. The summed E-state index contributed by atoms with van der Waals surface area (Å²) in [5.74, 6) is -0.807. The number of nitrogens with zero attached hydrogens (tertiary/aromatic N) is 2. The number of aromatic nitrogens is 1. The molecule has 1 heterocycles. The first-order chi connectivity index (χ1) is 8.91. The standard InChI is InChI=1S/C13H17BrN2O3/c1-9(2)8-16(6-4-12(17)18)13(19)10-3-5-15-7-11(10)14/h3,5,7,9H,4,6,8H2,1-2H3,(H,17,18). The first-order valence-electron chi connectivity index (χ1n) is 6.02. The molecule has 0 aliphatic heterocycles. The van der Waals surface area contributed by atoms with Gasteiger partial charge in [-0.1, -0.05) is 13.8 Å². The molecule has 1 aromatic heterocycles. The first-order valence-corrected chi connectivity index (χ1v) is 6.81. The fourth-order valence-electron chi connectivity index (χ4n) is 1.67. The van der Waals surface area contributed by atoms with Gasteiger partial charge in [0.05, 0.1) is 12.0 Å². The van der Waals surface area contributed by atoms with E-state index in [1.807, 2.05) is 13.8 Å². The number of carbonyl (C=O) groups is 2. The molecule has 1 aromatic rings. The van der Waals surface area contributed by atoms with Gasteiger partial charge in [-0.25, -0.2) is 0 Å². The Hall–Kier alpha value is -1.43. The number of hydrogen-bond acceptors (Lipinski definition) is 3. The smallest absolute Gasteiger partial charge is 0.305 e. The van der Waals surface area contributed by atoms with E-state index in [-0.39, 0.29) is 24.8 Å². The number of rotatable bonds is 6. The van der Waals surface area contributed by atoms with E-state index in [0.717, 1.165) is 0 Å². The molecule has 5 nitrogen and oxygen atoms in total. The highest BCUT2D eigenvalue weighted by molar-refractivity contribution is 9.10. The van der Waals surface area contributed by atoms with E-state index in [1.54, 1.807) is 23.4 Å². The third-order valence-electron chi connectivity index (χ3n) is 2.47. The van der Waals surface area contributed by atoms with Gasteiger partial charge >= 0.3 is 5.97 Å². The molecule has 0 unspecified atom stereocenters. The zero-order chi connectivity index (χ0) is 14.4. The number of carboxylic acids is 1. The van der Waals surface area contributed by atoms with Gasteiger partial charge in [-0.05, 0) is 27.9 Å². The average molecular weight is 329 g/mol. The molecular weight excluding hydrogens is 312 g/mol. The van der Waals surface area contributed by atoms with Gasteiger partial charge < -0.3 is 10.0 Å². The summed E-state index contributed by atoms with van der Waals surface area (Å²) >= 11 is 3.29. The largest absolute Gasteiger partial charge is 0.481 e. The van der Waals surface area contributed by atoms with Crippen LogP contribution in [0.15, 0.2) is 22.9 Å². The molecule has 0 spiro atoms. The molecular formula is C13H17BrN2O3. The number of carbonyl (C=O) groups excluding carboxylic acids is 1. The molecule has 1 amide bonds. The lowest BCUT2D eigenvalue weighted by Crippen LogP contribution is -2.36. The minimum absolute atomic E-state index is 0.0544. The van der Waals surface area contributed by atoms with Crippen LogP contribution in [-0.2, 0) is 4.79 Å². The minimum Gasteiger partial charge on any atom is -0.481 e. The van der Waals surface area contributed by atoms with Crippen molar-refractivity contribution in [3.63, 3.8) is 0 Å². The fourth-order valence-corrected chi connectivity index (χ4v) is 2.09. The third-order valence-corrected chi connectivity index (χ3v) is 3.10. The Morgan fingerprint density at radius 1 is 1.47 bits per heavy atom. The number of halogens is 1. The molecule has 0 bridgehead atoms. The van der Waals surface area contributed by atoms with Crippen LogP contribution in [0.25, 0.3) is 0 Å². The SMILES string of the molecule is CC(C)CN(CCC(=O)O)C(=O)c1ccncc1Br. The van der Waals surface area contributed by atoms with Gasteiger partial charge in [0.2, 0.25) is 0 Å². The maximum atomic E-state index is 12.4. The quantitative estimate of drug-likeness (QED) is 0.870. The van der Waals surface area contributed by atoms with Gasteiger partial charge in [0.1, 0.15) is 0 Å². The molecule has 104 valence electrons. The lowest BCUT2D eigenvalue weighted by atomic mass is 10.1. The Labute approximate surface area is 120 Å². The van der Waals surface area contributed by atoms with E-state index in [1.165, 1.54) is 0 Å². The van der Waals surface area contributed by atoms with E-state index < -0.39 is 5.97 Å². The van der Waals surface area contributed by atoms with Crippen LogP contribution in [0.2, 0.25) is 0 Å². The molecule has 1 rings (SSSR count). The van der Waals surface area contributed by atoms with Crippen LogP contribution in [0.5, 0.6) is 0 Å². The topological polar surface area (TPSA) is 70.5 Å². The Balaban J connectivity index is 2.87. The summed E-state index contributed by atoms with van der Waals surface area (Å²) < 4.78 is 0.615. The second kappa shape index (κ2) is 7.23. The van der Waals surface area contributed by atoms with Crippen LogP contribution in [0.3, 0.4) is 0 Å². The van der Waals surface area contributed by atoms with Crippen LogP contribution in [0.4, 0.5) is 0 Å². The van der Waals surface area contributed by atoms with Crippen LogP contribution in [-0.4, -0.2) is 40.0 Å². The van der Waals surface area contributed by atoms with E-state index in [4.69, 9.17) is 5.11 Å². The summed E-state index contributed by atoms with van der Waals surface area (Å²) in [6, 6.07) is 1.63. The zero-order valence-corrected chi connectivity index (χ0v) is 12.6. The predicted molar refractivity (Wildman–Crippen MR) is 74.9 cm³/mol. The van der Waals surface area contributed by atoms with Crippen molar-refractivity contribution in [1.29, 1.82) is 0 Å². The summed E-state index contributed by atoms with van der Waals surface area (Å²) in [5, 5.41) is 8.75. The van der Waals surface area contributed by atoms with E-state index in [2.05, 4.69) is 20.9 Å². The average Bonchev–Trinajstić information content (AvgIpc) is 2.33. The monoisotopic (exact) mass is 328 g/mol. The molecule has 0 atom stereocenters. The lowest BCUT2D eigenvalue weighted by Gasteiger charge is -2.24. The van der Waals surface area contributed by atoms with Gasteiger partial charge in [0, 0.05) is 30.0 Å². The maximum Gasteiger partial charge on any atom is 0.305 e. The lowest BCUT2D eigenvalue weighted by molar-refractivity contribution is -0.137. The first kappa shape index (κ1) is 15.6. The molecule has 1 N–H and O–H groups in total. The van der Waals surface area contributed by atoms with Gasteiger partial charge in [-0.2, -0.15) is 0 Å². The van der Waals surface area contributed by atoms with Crippen LogP contribution in [0, 0.1) is 5.92 Å². The third kappa shape index (κ3) is 4.98. The summed E-state index contributed by atoms with van der Waals surface area (Å²) in [6.45, 7) is 4.72. The normalized spacial score (nSPS) is 10.5. The van der Waals surface area contributed by atoms with Crippen LogP contribution >= 0.6 is 15.9 Å². The van der Waals surface area contributed by atoms with Crippen molar-refractivity contribution in [2.45, 2.75) is 20.3 Å². The molecule has 0 aliphatic carbocycles. The number of carboxylic acid groups (broad SMARTS) is 1. The van der Waals surface area contributed by atoms with E-state index in [0.29, 0.717) is 16.6 Å². The van der Waals surface area contributed by atoms with Crippen molar-refractivity contribution < 1.29 is 14.7 Å². The number of amides is 1. The fraction of sp³-hybridized carbons (Fsp3) is 0.462. The number of hydrogen-bond donors (Lipinski definition) is 1. The molecule has 19 heavy (non-hydrogen) atoms. The van der Waals surface area contributed by atoms with Crippen molar-refractivity contribution in [3.05, 3.63) is 28.5 Å². The number of pyridine rings is 1. The molecule has 0 aromatic carbocycles. The Kier molecular flexibility index (Phi) is 5.95.